The first kappa shape index (κ1) is 24.4. The molecule has 2 aromatic heterocycles. The van der Waals surface area contributed by atoms with Gasteiger partial charge in [0.25, 0.3) is 11.1 Å². The van der Waals surface area contributed by atoms with Gasteiger partial charge in [0.1, 0.15) is 29.3 Å². The number of nitrogen functional groups attached to an aromatic ring is 1. The van der Waals surface area contributed by atoms with Crippen molar-refractivity contribution in [2.24, 2.45) is 0 Å². The third-order valence-corrected chi connectivity index (χ3v) is 7.08. The largest absolute Gasteiger partial charge is 0.457 e. The number of imide groups is 1. The number of ether oxygens (including phenoxy) is 1. The van der Waals surface area contributed by atoms with Gasteiger partial charge in [0, 0.05) is 12.1 Å². The van der Waals surface area contributed by atoms with Crippen LogP contribution in [0.5, 0.6) is 11.5 Å². The molecule has 3 aromatic carbocycles. The molecule has 2 N–H and O–H groups in total. The number of fused-ring (bicyclic) bond motifs is 1. The summed E-state index contributed by atoms with van der Waals surface area (Å²) in [6.45, 7) is 0.388. The van der Waals surface area contributed by atoms with Gasteiger partial charge in [-0.3, -0.25) is 14.5 Å². The average molecular weight is 535 g/mol. The number of hydrogen-bond donors (Lipinski definition) is 1. The van der Waals surface area contributed by atoms with Crippen molar-refractivity contribution in [1.82, 2.24) is 24.6 Å². The van der Waals surface area contributed by atoms with Crippen LogP contribution in [-0.2, 0) is 11.3 Å². The zero-order valence-electron chi connectivity index (χ0n) is 20.6. The highest BCUT2D eigenvalue weighted by Crippen LogP contribution is 2.34. The highest BCUT2D eigenvalue weighted by molar-refractivity contribution is 8.18. The van der Waals surface area contributed by atoms with E-state index in [-0.39, 0.29) is 24.2 Å². The van der Waals surface area contributed by atoms with Crippen molar-refractivity contribution in [2.75, 3.05) is 12.3 Å². The van der Waals surface area contributed by atoms with Gasteiger partial charge in [-0.05, 0) is 59.8 Å². The summed E-state index contributed by atoms with van der Waals surface area (Å²) in [5, 5.41) is 5.04. The second kappa shape index (κ2) is 10.4. The molecule has 1 fully saturated rings. The Hall–Kier alpha value is -4.96. The van der Waals surface area contributed by atoms with Crippen LogP contribution in [0.3, 0.4) is 0 Å². The average Bonchev–Trinajstić information content (AvgIpc) is 3.46. The van der Waals surface area contributed by atoms with E-state index < -0.39 is 0 Å². The Bertz CT molecular complexity index is 1700. The first-order valence-electron chi connectivity index (χ1n) is 12.2. The third kappa shape index (κ3) is 4.97. The minimum atomic E-state index is -0.325. The second-order valence-electron chi connectivity index (χ2n) is 8.71. The fourth-order valence-corrected chi connectivity index (χ4v) is 5.15. The molecule has 6 rings (SSSR count). The van der Waals surface area contributed by atoms with Crippen LogP contribution in [0.4, 0.5) is 10.6 Å². The van der Waals surface area contributed by atoms with Crippen LogP contribution in [-0.4, -0.2) is 42.3 Å². The van der Waals surface area contributed by atoms with Crippen molar-refractivity contribution in [2.45, 2.75) is 6.54 Å². The Labute approximate surface area is 227 Å². The van der Waals surface area contributed by atoms with Crippen LogP contribution in [0, 0.1) is 0 Å². The maximum Gasteiger partial charge on any atom is 0.293 e. The summed E-state index contributed by atoms with van der Waals surface area (Å²) in [4.78, 5) is 35.8. The summed E-state index contributed by atoms with van der Waals surface area (Å²) in [5.41, 5.74) is 9.02. The van der Waals surface area contributed by atoms with Crippen LogP contribution in [0.2, 0.25) is 0 Å². The first-order valence-corrected chi connectivity index (χ1v) is 13.0. The van der Waals surface area contributed by atoms with Gasteiger partial charge in [-0.2, -0.15) is 5.10 Å². The van der Waals surface area contributed by atoms with Gasteiger partial charge in [0.2, 0.25) is 0 Å². The van der Waals surface area contributed by atoms with Crippen molar-refractivity contribution in [1.29, 1.82) is 0 Å². The van der Waals surface area contributed by atoms with Gasteiger partial charge in [0.15, 0.2) is 5.65 Å². The smallest absolute Gasteiger partial charge is 0.293 e. The zero-order valence-corrected chi connectivity index (χ0v) is 21.4. The summed E-state index contributed by atoms with van der Waals surface area (Å²) in [5.74, 6) is 1.39. The van der Waals surface area contributed by atoms with E-state index in [1.54, 1.807) is 10.8 Å². The lowest BCUT2D eigenvalue weighted by Gasteiger charge is -2.12. The molecule has 0 radical (unpaired) electrons. The summed E-state index contributed by atoms with van der Waals surface area (Å²) < 4.78 is 7.55. The molecule has 0 unspecified atom stereocenters. The van der Waals surface area contributed by atoms with E-state index in [4.69, 9.17) is 15.6 Å². The lowest BCUT2D eigenvalue weighted by molar-refractivity contribution is -0.122. The second-order valence-corrected chi connectivity index (χ2v) is 9.71. The van der Waals surface area contributed by atoms with Gasteiger partial charge in [-0.15, -0.1) is 0 Å². The quantitative estimate of drug-likeness (QED) is 0.268. The van der Waals surface area contributed by atoms with Gasteiger partial charge in [0.05, 0.1) is 16.8 Å². The summed E-state index contributed by atoms with van der Waals surface area (Å²) in [7, 11) is 0. The highest BCUT2D eigenvalue weighted by atomic mass is 32.2. The molecule has 1 aliphatic heterocycles. The number of carbonyl (C=O) groups excluding carboxylic acids is 2. The Morgan fingerprint density at radius 2 is 1.54 bits per heavy atom. The van der Waals surface area contributed by atoms with Gasteiger partial charge >= 0.3 is 0 Å². The van der Waals surface area contributed by atoms with Gasteiger partial charge in [-0.1, -0.05) is 48.5 Å². The maximum atomic E-state index is 13.0. The van der Waals surface area contributed by atoms with E-state index in [2.05, 4.69) is 9.97 Å². The van der Waals surface area contributed by atoms with Crippen LogP contribution in [0.1, 0.15) is 5.56 Å². The Morgan fingerprint density at radius 3 is 2.28 bits per heavy atom. The number of hydrogen-bond acceptors (Lipinski definition) is 8. The van der Waals surface area contributed by atoms with Crippen LogP contribution >= 0.6 is 11.8 Å². The number of amides is 2. The predicted molar refractivity (Wildman–Crippen MR) is 151 cm³/mol. The van der Waals surface area contributed by atoms with E-state index in [0.29, 0.717) is 33.2 Å². The van der Waals surface area contributed by atoms with Crippen molar-refractivity contribution < 1.29 is 14.3 Å². The van der Waals surface area contributed by atoms with Crippen molar-refractivity contribution in [3.05, 3.63) is 102 Å². The third-order valence-electron chi connectivity index (χ3n) is 6.17. The molecule has 0 atom stereocenters. The Balaban J connectivity index is 1.24. The molecule has 192 valence electrons. The van der Waals surface area contributed by atoms with Gasteiger partial charge in [-0.25, -0.2) is 14.6 Å². The lowest BCUT2D eigenvalue weighted by atomic mass is 10.1. The molecule has 3 heterocycles. The normalized spacial score (nSPS) is 14.5. The van der Waals surface area contributed by atoms with E-state index in [1.165, 1.54) is 11.2 Å². The zero-order chi connectivity index (χ0) is 26.8. The number of nitrogens with two attached hydrogens (primary N) is 1. The molecule has 0 saturated carbocycles. The molecule has 39 heavy (non-hydrogen) atoms. The SMILES string of the molecule is Nc1ncnc2c1c(-c1ccc(Oc3ccccc3)cc1)nn2CCN1C(=O)SC(=Cc2ccccc2)C1=O. The number of benzene rings is 3. The van der Waals surface area contributed by atoms with E-state index in [1.807, 2.05) is 84.9 Å². The number of thioether (sulfide) groups is 1. The number of anilines is 1. The highest BCUT2D eigenvalue weighted by Gasteiger charge is 2.35. The number of nitrogens with zero attached hydrogens (tertiary/aromatic N) is 5. The number of para-hydroxylation sites is 1. The van der Waals surface area contributed by atoms with Crippen molar-refractivity contribution >= 4 is 45.8 Å². The van der Waals surface area contributed by atoms with Gasteiger partial charge < -0.3 is 10.5 Å². The van der Waals surface area contributed by atoms with E-state index in [9.17, 15) is 9.59 Å². The molecule has 5 aromatic rings. The molecule has 2 amide bonds. The molecule has 1 aliphatic rings. The fourth-order valence-electron chi connectivity index (χ4n) is 4.28. The number of carbonyl (C=O) groups is 2. The summed E-state index contributed by atoms with van der Waals surface area (Å²) >= 11 is 0.933. The Kier molecular flexibility index (Phi) is 6.52. The fraction of sp³-hybridized carbons (Fsp3) is 0.0690. The minimum Gasteiger partial charge on any atom is -0.457 e. The molecule has 0 bridgehead atoms. The van der Waals surface area contributed by atoms with Crippen LogP contribution in [0.25, 0.3) is 28.4 Å². The lowest BCUT2D eigenvalue weighted by Crippen LogP contribution is -2.31. The summed E-state index contributed by atoms with van der Waals surface area (Å²) in [6.07, 6.45) is 3.10. The molecule has 0 spiro atoms. The predicted octanol–water partition coefficient (Wildman–Crippen LogP) is 5.60. The van der Waals surface area contributed by atoms with Crippen LogP contribution in [0.15, 0.2) is 96.2 Å². The van der Waals surface area contributed by atoms with E-state index in [0.717, 1.165) is 28.6 Å². The maximum absolute atomic E-state index is 13.0. The van der Waals surface area contributed by atoms with Crippen LogP contribution < -0.4 is 10.5 Å². The molecular weight excluding hydrogens is 512 g/mol. The standard InChI is InChI=1S/C29H22N6O3S/c30-26-24-25(20-11-13-22(14-12-20)38-21-9-5-2-6-10-21)33-35(27(24)32-18-31-26)16-15-34-28(36)23(39-29(34)37)17-19-7-3-1-4-8-19/h1-14,17-18H,15-16H2,(H2,30,31,32). The first-order chi connectivity index (χ1) is 19.1. The van der Waals surface area contributed by atoms with E-state index >= 15 is 0 Å². The molecular formula is C29H22N6O3S. The molecule has 0 aliphatic carbocycles. The minimum absolute atomic E-state index is 0.140. The molecule has 9 nitrogen and oxygen atoms in total. The summed E-state index contributed by atoms with van der Waals surface area (Å²) in [6, 6.07) is 26.4. The number of rotatable bonds is 7. The number of aromatic nitrogens is 4. The molecule has 1 saturated heterocycles. The molecule has 10 heteroatoms. The topological polar surface area (TPSA) is 116 Å². The van der Waals surface area contributed by atoms with Crippen molar-refractivity contribution in [3.8, 4) is 22.8 Å². The Morgan fingerprint density at radius 1 is 0.846 bits per heavy atom. The van der Waals surface area contributed by atoms with Crippen molar-refractivity contribution in [3.63, 3.8) is 0 Å². The monoisotopic (exact) mass is 534 g/mol.